The first-order valence-electron chi connectivity index (χ1n) is 9.90. The Morgan fingerprint density at radius 2 is 2.07 bits per heavy atom. The predicted molar refractivity (Wildman–Crippen MR) is 103 cm³/mol. The lowest BCUT2D eigenvalue weighted by molar-refractivity contribution is -0.139. The molecule has 2 aliphatic carbocycles. The number of halogens is 1. The molecule has 8 heteroatoms. The molecule has 0 saturated heterocycles. The van der Waals surface area contributed by atoms with Gasteiger partial charge in [0.1, 0.15) is 11.6 Å². The van der Waals surface area contributed by atoms with Crippen molar-refractivity contribution in [1.82, 2.24) is 10.2 Å². The van der Waals surface area contributed by atoms with Crippen LogP contribution in [0.1, 0.15) is 39.0 Å². The minimum atomic E-state index is -0.814. The molecular weight excluding hydrogens is 365 g/mol. The molecule has 2 fully saturated rings. The van der Waals surface area contributed by atoms with Crippen LogP contribution in [0.5, 0.6) is 5.75 Å². The normalized spacial score (nSPS) is 21.1. The molecule has 0 bridgehead atoms. The number of hydrogen-bond acceptors (Lipinski definition) is 4. The van der Waals surface area contributed by atoms with Crippen LogP contribution < -0.4 is 15.4 Å². The van der Waals surface area contributed by atoms with Crippen molar-refractivity contribution in [3.05, 3.63) is 24.0 Å². The molecule has 28 heavy (non-hydrogen) atoms. The van der Waals surface area contributed by atoms with Gasteiger partial charge in [-0.1, -0.05) is 6.92 Å². The molecule has 0 spiro atoms. The molecule has 7 nitrogen and oxygen atoms in total. The fraction of sp³-hybridized carbons (Fsp3) is 0.600. The van der Waals surface area contributed by atoms with E-state index < -0.39 is 11.8 Å². The lowest BCUT2D eigenvalue weighted by Gasteiger charge is -2.42. The quantitative estimate of drug-likeness (QED) is 0.568. The van der Waals surface area contributed by atoms with Gasteiger partial charge in [-0.15, -0.1) is 0 Å². The maximum absolute atomic E-state index is 13.4. The van der Waals surface area contributed by atoms with Gasteiger partial charge in [0.15, 0.2) is 0 Å². The number of benzene rings is 1. The predicted octanol–water partition coefficient (Wildman–Crippen LogP) is 3.06. The Morgan fingerprint density at radius 3 is 2.71 bits per heavy atom. The maximum atomic E-state index is 13.4. The second-order valence-corrected chi connectivity index (χ2v) is 7.68. The number of carbonyl (C=O) groups excluding carboxylic acids is 1. The zero-order valence-electron chi connectivity index (χ0n) is 16.1. The highest BCUT2D eigenvalue weighted by Crippen LogP contribution is 2.34. The third-order valence-corrected chi connectivity index (χ3v) is 5.15. The van der Waals surface area contributed by atoms with E-state index in [0.717, 1.165) is 25.8 Å². The topological polar surface area (TPSA) is 90.9 Å². The molecule has 0 aromatic heterocycles. The summed E-state index contributed by atoms with van der Waals surface area (Å²) in [6.45, 7) is 3.25. The molecule has 1 aromatic rings. The number of carbonyl (C=O) groups is 2. The van der Waals surface area contributed by atoms with Crippen molar-refractivity contribution in [2.24, 2.45) is 5.92 Å². The van der Waals surface area contributed by atoms with Crippen LogP contribution in [0.3, 0.4) is 0 Å². The first-order chi connectivity index (χ1) is 13.4. The number of hydrogen-bond donors (Lipinski definition) is 3. The smallest absolute Gasteiger partial charge is 0.319 e. The van der Waals surface area contributed by atoms with Crippen molar-refractivity contribution in [3.8, 4) is 5.75 Å². The molecule has 3 rings (SSSR count). The van der Waals surface area contributed by atoms with Crippen LogP contribution in [0, 0.1) is 11.7 Å². The molecule has 2 amide bonds. The molecule has 1 aromatic carbocycles. The lowest BCUT2D eigenvalue weighted by Crippen LogP contribution is -2.55. The molecule has 3 N–H and O–H groups in total. The zero-order chi connectivity index (χ0) is 20.1. The van der Waals surface area contributed by atoms with Crippen LogP contribution in [0.2, 0.25) is 0 Å². The van der Waals surface area contributed by atoms with Crippen molar-refractivity contribution in [2.45, 2.75) is 51.1 Å². The Hall–Kier alpha value is -2.35. The number of carboxylic acids is 1. The van der Waals surface area contributed by atoms with Gasteiger partial charge in [-0.05, 0) is 50.2 Å². The summed E-state index contributed by atoms with van der Waals surface area (Å²) in [6, 6.07) is 3.83. The van der Waals surface area contributed by atoms with Crippen LogP contribution in [0.4, 0.5) is 14.9 Å². The number of rotatable bonds is 10. The minimum absolute atomic E-state index is 0.000886. The summed E-state index contributed by atoms with van der Waals surface area (Å²) < 4.78 is 18.9. The van der Waals surface area contributed by atoms with Gasteiger partial charge < -0.3 is 20.5 Å². The van der Waals surface area contributed by atoms with E-state index in [-0.39, 0.29) is 24.7 Å². The second kappa shape index (κ2) is 9.23. The number of ether oxygens (including phenoxy) is 1. The van der Waals surface area contributed by atoms with Gasteiger partial charge in [0, 0.05) is 24.7 Å². The Balaban J connectivity index is 1.48. The standard InChI is InChI=1S/C20H28FN3O4/c1-2-7-28-18-8-14(21)5-6-17(18)23-20(27)22-15-9-16(10-15)24(12-19(25)26)11-13-3-4-13/h5-6,8,13,15-16H,2-4,7,9-12H2,1H3,(H,25,26)(H2,22,23,27). The molecule has 0 aliphatic heterocycles. The fourth-order valence-electron chi connectivity index (χ4n) is 3.43. The molecule has 0 unspecified atom stereocenters. The lowest BCUT2D eigenvalue weighted by atomic mass is 9.85. The van der Waals surface area contributed by atoms with Crippen molar-refractivity contribution >= 4 is 17.7 Å². The van der Waals surface area contributed by atoms with E-state index in [2.05, 4.69) is 10.6 Å². The van der Waals surface area contributed by atoms with E-state index in [1.807, 2.05) is 11.8 Å². The van der Waals surface area contributed by atoms with E-state index in [1.54, 1.807) is 0 Å². The highest BCUT2D eigenvalue weighted by molar-refractivity contribution is 5.91. The number of nitrogens with one attached hydrogen (secondary N) is 2. The number of nitrogens with zero attached hydrogens (tertiary/aromatic N) is 1. The monoisotopic (exact) mass is 393 g/mol. The summed E-state index contributed by atoms with van der Waals surface area (Å²) in [7, 11) is 0. The van der Waals surface area contributed by atoms with Gasteiger partial charge in [-0.3, -0.25) is 9.69 Å². The molecular formula is C20H28FN3O4. The van der Waals surface area contributed by atoms with Gasteiger partial charge in [-0.2, -0.15) is 0 Å². The summed E-state index contributed by atoms with van der Waals surface area (Å²) in [5.41, 5.74) is 0.421. The van der Waals surface area contributed by atoms with E-state index in [9.17, 15) is 14.0 Å². The van der Waals surface area contributed by atoms with Crippen LogP contribution in [-0.2, 0) is 4.79 Å². The summed E-state index contributed by atoms with van der Waals surface area (Å²) in [5, 5.41) is 14.7. The molecule has 0 radical (unpaired) electrons. The van der Waals surface area contributed by atoms with Crippen LogP contribution in [-0.4, -0.2) is 53.8 Å². The Kier molecular flexibility index (Phi) is 6.72. The summed E-state index contributed by atoms with van der Waals surface area (Å²) in [5.74, 6) is -0.311. The largest absolute Gasteiger partial charge is 0.491 e. The van der Waals surface area contributed by atoms with Gasteiger partial charge in [0.25, 0.3) is 0 Å². The van der Waals surface area contributed by atoms with Crippen molar-refractivity contribution in [3.63, 3.8) is 0 Å². The number of carboxylic acid groups (broad SMARTS) is 1. The van der Waals surface area contributed by atoms with Gasteiger partial charge >= 0.3 is 12.0 Å². The summed E-state index contributed by atoms with van der Waals surface area (Å²) in [4.78, 5) is 25.4. The van der Waals surface area contributed by atoms with Crippen LogP contribution in [0.25, 0.3) is 0 Å². The van der Waals surface area contributed by atoms with Gasteiger partial charge in [0.2, 0.25) is 0 Å². The molecule has 2 saturated carbocycles. The SMILES string of the molecule is CCCOc1cc(F)ccc1NC(=O)NC1CC(N(CC(=O)O)CC2CC2)C1. The summed E-state index contributed by atoms with van der Waals surface area (Å²) in [6.07, 6.45) is 4.59. The fourth-order valence-corrected chi connectivity index (χ4v) is 3.43. The van der Waals surface area contributed by atoms with Crippen LogP contribution in [0.15, 0.2) is 18.2 Å². The number of aliphatic carboxylic acids is 1. The van der Waals surface area contributed by atoms with E-state index in [4.69, 9.17) is 9.84 Å². The average Bonchev–Trinajstić information content (AvgIpc) is 3.41. The van der Waals surface area contributed by atoms with E-state index in [1.165, 1.54) is 31.0 Å². The number of anilines is 1. The Labute approximate surface area is 164 Å². The van der Waals surface area contributed by atoms with Crippen LogP contribution >= 0.6 is 0 Å². The van der Waals surface area contributed by atoms with Crippen molar-refractivity contribution < 1.29 is 23.8 Å². The first kappa shape index (κ1) is 20.4. The third-order valence-electron chi connectivity index (χ3n) is 5.15. The highest BCUT2D eigenvalue weighted by Gasteiger charge is 2.37. The Morgan fingerprint density at radius 1 is 1.32 bits per heavy atom. The highest BCUT2D eigenvalue weighted by atomic mass is 19.1. The van der Waals surface area contributed by atoms with Gasteiger partial charge in [-0.25, -0.2) is 9.18 Å². The first-order valence-corrected chi connectivity index (χ1v) is 9.90. The third kappa shape index (κ3) is 5.82. The maximum Gasteiger partial charge on any atom is 0.319 e. The molecule has 154 valence electrons. The Bertz CT molecular complexity index is 705. The minimum Gasteiger partial charge on any atom is -0.491 e. The zero-order valence-corrected chi connectivity index (χ0v) is 16.1. The van der Waals surface area contributed by atoms with Crippen molar-refractivity contribution in [1.29, 1.82) is 0 Å². The van der Waals surface area contributed by atoms with Crippen molar-refractivity contribution in [2.75, 3.05) is 25.0 Å². The average molecular weight is 393 g/mol. The second-order valence-electron chi connectivity index (χ2n) is 7.68. The number of urea groups is 1. The van der Waals surface area contributed by atoms with E-state index >= 15 is 0 Å². The van der Waals surface area contributed by atoms with Gasteiger partial charge in [0.05, 0.1) is 18.8 Å². The number of amides is 2. The molecule has 2 aliphatic rings. The van der Waals surface area contributed by atoms with E-state index in [0.29, 0.717) is 24.0 Å². The summed E-state index contributed by atoms with van der Waals surface area (Å²) >= 11 is 0. The molecule has 0 heterocycles. The molecule has 0 atom stereocenters.